The smallest absolute Gasteiger partial charge is 0.259 e. The van der Waals surface area contributed by atoms with Crippen LogP contribution in [-0.4, -0.2) is 72.0 Å². The molecule has 1 aliphatic rings. The van der Waals surface area contributed by atoms with Gasteiger partial charge in [0, 0.05) is 42.9 Å². The van der Waals surface area contributed by atoms with Gasteiger partial charge in [0.25, 0.3) is 14.4 Å². The Morgan fingerprint density at radius 2 is 1.82 bits per heavy atom. The van der Waals surface area contributed by atoms with Gasteiger partial charge in [-0.3, -0.25) is 4.79 Å². The summed E-state index contributed by atoms with van der Waals surface area (Å²) in [5, 5.41) is 3.69. The normalized spacial score (nSPS) is 19.3. The number of hydrogen-bond donors (Lipinski definition) is 1. The Labute approximate surface area is 332 Å². The first-order chi connectivity index (χ1) is 26.1. The standard InChI is InChI=1S/C43H60N5O5PSi/c1-13-15-16-17-18-20-25-34-30-47(35-26-27-45-40(37(34)35)46-41(49)33-23-21-19-22-24-33)42-39(53-55(11,12)43(7,8)9)38(36(14-2)51-42)52-54(50-29-28-44-10)48(31(3)4)32(5)6/h1,19,21-24,26-27,30-32,36,38-39,42H,14-18,28-29H2,2-9,11-12H3,(H,45,46,49)/t36-,38?,39+,42-,54?/m1/s1. The Bertz CT molecular complexity index is 1860. The number of unbranched alkanes of at least 4 members (excludes halogenated alkanes) is 3. The minimum Gasteiger partial charge on any atom is -0.407 e. The third kappa shape index (κ3) is 11.1. The van der Waals surface area contributed by atoms with Gasteiger partial charge in [0.1, 0.15) is 24.6 Å². The Kier molecular flexibility index (Phi) is 16.1. The van der Waals surface area contributed by atoms with E-state index in [1.165, 1.54) is 0 Å². The molecule has 3 aromatic rings. The van der Waals surface area contributed by atoms with Crippen molar-refractivity contribution in [3.8, 4) is 24.2 Å². The van der Waals surface area contributed by atoms with Crippen LogP contribution in [0.1, 0.15) is 110 Å². The molecule has 2 aromatic heterocycles. The molecule has 2 unspecified atom stereocenters. The van der Waals surface area contributed by atoms with Gasteiger partial charge in [-0.15, -0.1) is 12.3 Å². The van der Waals surface area contributed by atoms with Gasteiger partial charge < -0.3 is 32.9 Å². The molecule has 12 heteroatoms. The van der Waals surface area contributed by atoms with E-state index in [0.29, 0.717) is 24.2 Å². The topological polar surface area (TPSA) is 91.4 Å². The van der Waals surface area contributed by atoms with Gasteiger partial charge in [0.05, 0.1) is 22.6 Å². The van der Waals surface area contributed by atoms with E-state index >= 15 is 0 Å². The van der Waals surface area contributed by atoms with Crippen LogP contribution < -0.4 is 5.32 Å². The number of benzene rings is 1. The molecule has 3 heterocycles. The van der Waals surface area contributed by atoms with Crippen LogP contribution >= 0.6 is 8.53 Å². The number of carbonyl (C=O) groups is 1. The number of fused-ring (bicyclic) bond motifs is 1. The van der Waals surface area contributed by atoms with Crippen molar-refractivity contribution in [2.75, 3.05) is 18.5 Å². The quantitative estimate of drug-likeness (QED) is 0.0479. The number of nitrogens with one attached hydrogen (secondary N) is 1. The first-order valence-electron chi connectivity index (χ1n) is 19.5. The molecule has 1 N–H and O–H groups in total. The van der Waals surface area contributed by atoms with Crippen LogP contribution in [0.3, 0.4) is 0 Å². The van der Waals surface area contributed by atoms with Crippen molar-refractivity contribution in [3.05, 3.63) is 71.3 Å². The number of anilines is 1. The highest BCUT2D eigenvalue weighted by Gasteiger charge is 2.53. The molecule has 1 aliphatic heterocycles. The van der Waals surface area contributed by atoms with E-state index in [2.05, 4.69) is 111 Å². The fraction of sp³-hybridized carbons (Fsp3) is 0.558. The van der Waals surface area contributed by atoms with Crippen LogP contribution in [0, 0.1) is 30.8 Å². The Morgan fingerprint density at radius 1 is 1.13 bits per heavy atom. The number of pyridine rings is 1. The highest BCUT2D eigenvalue weighted by atomic mass is 31.2. The fourth-order valence-electron chi connectivity index (χ4n) is 6.40. The number of carbonyl (C=O) groups excluding carboxylic acids is 1. The average molecular weight is 786 g/mol. The van der Waals surface area contributed by atoms with Gasteiger partial charge >= 0.3 is 0 Å². The number of hydrogen-bond acceptors (Lipinski definition) is 7. The number of ether oxygens (including phenoxy) is 1. The molecule has 1 saturated heterocycles. The van der Waals surface area contributed by atoms with Crippen molar-refractivity contribution in [3.63, 3.8) is 0 Å². The number of rotatable bonds is 17. The Balaban J connectivity index is 1.88. The number of amides is 1. The highest BCUT2D eigenvalue weighted by Crippen LogP contribution is 2.52. The number of nitrogens with zero attached hydrogens (tertiary/aromatic N) is 4. The lowest BCUT2D eigenvalue weighted by molar-refractivity contribution is -0.0319. The molecule has 1 fully saturated rings. The predicted octanol–water partition coefficient (Wildman–Crippen LogP) is 10.2. The van der Waals surface area contributed by atoms with Gasteiger partial charge in [-0.25, -0.2) is 16.2 Å². The maximum atomic E-state index is 13.5. The second-order valence-electron chi connectivity index (χ2n) is 15.9. The maximum absolute atomic E-state index is 13.5. The van der Waals surface area contributed by atoms with Gasteiger partial charge in [-0.1, -0.05) is 57.7 Å². The predicted molar refractivity (Wildman–Crippen MR) is 226 cm³/mol. The SMILES string of the molecule is [C-]#[N+]CCOP(OC1[C@@H](CC)O[C@@H](n2cc(C#CCCCCC#C)c3c(NC(=O)c4ccccc4)nccc32)[C@H]1O[Si](C)(C)C(C)(C)C)N(C(C)C)C(C)C. The maximum Gasteiger partial charge on any atom is 0.259 e. The van der Waals surface area contributed by atoms with E-state index in [1.54, 1.807) is 18.3 Å². The molecular weight excluding hydrogens is 726 g/mol. The van der Waals surface area contributed by atoms with Crippen LogP contribution in [0.15, 0.2) is 48.8 Å². The molecule has 10 nitrogen and oxygen atoms in total. The fourth-order valence-corrected chi connectivity index (χ4v) is 9.44. The molecule has 296 valence electrons. The summed E-state index contributed by atoms with van der Waals surface area (Å²) in [6, 6.07) is 11.3. The van der Waals surface area contributed by atoms with Crippen molar-refractivity contribution in [1.29, 1.82) is 0 Å². The summed E-state index contributed by atoms with van der Waals surface area (Å²) in [6.07, 6.45) is 11.1. The van der Waals surface area contributed by atoms with Gasteiger partial charge in [-0.2, -0.15) is 0 Å². The molecule has 0 saturated carbocycles. The van der Waals surface area contributed by atoms with E-state index in [1.807, 2.05) is 30.5 Å². The minimum absolute atomic E-state index is 0.0984. The van der Waals surface area contributed by atoms with Crippen LogP contribution in [0.25, 0.3) is 15.7 Å². The molecule has 5 atom stereocenters. The summed E-state index contributed by atoms with van der Waals surface area (Å²) < 4.78 is 32.3. The lowest BCUT2D eigenvalue weighted by Gasteiger charge is -2.42. The lowest BCUT2D eigenvalue weighted by Crippen LogP contribution is -2.49. The summed E-state index contributed by atoms with van der Waals surface area (Å²) in [6.45, 7) is 29.7. The molecular formula is C43H60N5O5PSi. The van der Waals surface area contributed by atoms with E-state index < -0.39 is 35.3 Å². The van der Waals surface area contributed by atoms with E-state index in [9.17, 15) is 4.79 Å². The molecule has 0 aliphatic carbocycles. The largest absolute Gasteiger partial charge is 0.407 e. The van der Waals surface area contributed by atoms with Crippen molar-refractivity contribution < 1.29 is 23.0 Å². The molecule has 0 spiro atoms. The molecule has 1 aromatic carbocycles. The molecule has 0 radical (unpaired) electrons. The zero-order valence-electron chi connectivity index (χ0n) is 34.4. The van der Waals surface area contributed by atoms with Crippen molar-refractivity contribution in [2.45, 2.75) is 142 Å². The zero-order chi connectivity index (χ0) is 40.3. The molecule has 55 heavy (non-hydrogen) atoms. The summed E-state index contributed by atoms with van der Waals surface area (Å²) in [7, 11) is -4.00. The summed E-state index contributed by atoms with van der Waals surface area (Å²) >= 11 is 0. The third-order valence-corrected chi connectivity index (χ3v) is 16.8. The van der Waals surface area contributed by atoms with Crippen molar-refractivity contribution >= 4 is 39.5 Å². The van der Waals surface area contributed by atoms with Gasteiger partial charge in [0.15, 0.2) is 14.5 Å². The lowest BCUT2D eigenvalue weighted by atomic mass is 10.1. The van der Waals surface area contributed by atoms with E-state index in [-0.39, 0.29) is 42.3 Å². The molecule has 4 rings (SSSR count). The average Bonchev–Trinajstić information content (AvgIpc) is 3.66. The van der Waals surface area contributed by atoms with Crippen LogP contribution in [0.2, 0.25) is 18.1 Å². The van der Waals surface area contributed by atoms with E-state index in [0.717, 1.165) is 35.7 Å². The Morgan fingerprint density at radius 3 is 2.44 bits per heavy atom. The first kappa shape index (κ1) is 44.2. The van der Waals surface area contributed by atoms with Crippen LogP contribution in [0.4, 0.5) is 5.82 Å². The molecule has 1 amide bonds. The zero-order valence-corrected chi connectivity index (χ0v) is 36.3. The summed E-state index contributed by atoms with van der Waals surface area (Å²) in [4.78, 5) is 21.7. The minimum atomic E-state index is -2.42. The highest BCUT2D eigenvalue weighted by molar-refractivity contribution is 7.44. The summed E-state index contributed by atoms with van der Waals surface area (Å²) in [5.41, 5.74) is 2.06. The number of terminal acetylenes is 1. The summed E-state index contributed by atoms with van der Waals surface area (Å²) in [5.74, 6) is 9.62. The van der Waals surface area contributed by atoms with E-state index in [4.69, 9.17) is 31.2 Å². The number of aromatic nitrogens is 2. The Hall–Kier alpha value is -3.56. The van der Waals surface area contributed by atoms with Crippen molar-refractivity contribution in [1.82, 2.24) is 14.2 Å². The van der Waals surface area contributed by atoms with Gasteiger partial charge in [-0.05, 0) is 83.3 Å². The second-order valence-corrected chi connectivity index (χ2v) is 22.1. The van der Waals surface area contributed by atoms with Crippen LogP contribution in [0.5, 0.6) is 0 Å². The van der Waals surface area contributed by atoms with Gasteiger partial charge in [0.2, 0.25) is 6.54 Å². The monoisotopic (exact) mass is 785 g/mol. The first-order valence-corrected chi connectivity index (χ1v) is 23.5. The van der Waals surface area contributed by atoms with Crippen LogP contribution in [-0.2, 0) is 18.2 Å². The van der Waals surface area contributed by atoms with Crippen molar-refractivity contribution in [2.24, 2.45) is 0 Å². The molecule has 0 bridgehead atoms. The third-order valence-electron chi connectivity index (χ3n) is 10.2. The second kappa shape index (κ2) is 20.0.